The van der Waals surface area contributed by atoms with Gasteiger partial charge in [0.25, 0.3) is 0 Å². The summed E-state index contributed by atoms with van der Waals surface area (Å²) in [5.41, 5.74) is -1.35. The number of carbonyl (C=O) groups is 1. The van der Waals surface area contributed by atoms with E-state index in [1.165, 1.54) is 19.3 Å². The van der Waals surface area contributed by atoms with Gasteiger partial charge in [0.05, 0.1) is 6.07 Å². The van der Waals surface area contributed by atoms with Crippen LogP contribution in [0.1, 0.15) is 58.3 Å². The Kier molecular flexibility index (Phi) is 2.89. The highest BCUT2D eigenvalue weighted by atomic mass is 16.4. The summed E-state index contributed by atoms with van der Waals surface area (Å²) in [7, 11) is 0. The molecule has 1 atom stereocenters. The molecule has 3 heteroatoms. The number of carboxylic acids is 1. The first kappa shape index (κ1) is 13.0. The molecule has 0 aromatic carbocycles. The Bertz CT molecular complexity index is 401. The summed E-state index contributed by atoms with van der Waals surface area (Å²) < 4.78 is 0. The van der Waals surface area contributed by atoms with Crippen molar-refractivity contribution in [3.8, 4) is 6.07 Å². The van der Waals surface area contributed by atoms with Crippen LogP contribution in [-0.4, -0.2) is 11.1 Å². The van der Waals surface area contributed by atoms with Crippen molar-refractivity contribution in [3.05, 3.63) is 0 Å². The molecule has 1 N–H and O–H groups in total. The van der Waals surface area contributed by atoms with Gasteiger partial charge in [0, 0.05) is 5.41 Å². The summed E-state index contributed by atoms with van der Waals surface area (Å²) in [6, 6.07) is 2.27. The SMILES string of the molecule is CCCC(C#N)(C(=O)O)C12CC3CC(CC(C3)C1)C2. The van der Waals surface area contributed by atoms with E-state index >= 15 is 0 Å². The fraction of sp³-hybridized carbons (Fsp3) is 0.875. The Morgan fingerprint density at radius 3 is 2.05 bits per heavy atom. The molecular formula is C16H23NO2. The van der Waals surface area contributed by atoms with Gasteiger partial charge < -0.3 is 5.11 Å². The van der Waals surface area contributed by atoms with Crippen LogP contribution in [0.3, 0.4) is 0 Å². The standard InChI is InChI=1S/C16H23NO2/c1-2-3-16(10-17,14(18)19)15-7-11-4-12(8-15)6-13(5-11)9-15/h11-13H,2-9H2,1H3,(H,18,19). The minimum atomic E-state index is -1.13. The largest absolute Gasteiger partial charge is 0.480 e. The van der Waals surface area contributed by atoms with E-state index in [2.05, 4.69) is 6.07 Å². The molecule has 19 heavy (non-hydrogen) atoms. The number of carboxylic acid groups (broad SMARTS) is 1. The lowest BCUT2D eigenvalue weighted by atomic mass is 9.42. The maximum absolute atomic E-state index is 11.9. The minimum absolute atomic E-state index is 0.224. The number of hydrogen-bond donors (Lipinski definition) is 1. The molecule has 0 saturated heterocycles. The van der Waals surface area contributed by atoms with Crippen molar-refractivity contribution in [2.75, 3.05) is 0 Å². The molecule has 4 aliphatic carbocycles. The highest BCUT2D eigenvalue weighted by molar-refractivity contribution is 5.79. The van der Waals surface area contributed by atoms with Gasteiger partial charge in [-0.2, -0.15) is 5.26 Å². The van der Waals surface area contributed by atoms with E-state index in [0.29, 0.717) is 24.2 Å². The molecule has 4 saturated carbocycles. The number of nitriles is 1. The zero-order valence-electron chi connectivity index (χ0n) is 11.7. The number of hydrogen-bond acceptors (Lipinski definition) is 2. The van der Waals surface area contributed by atoms with Crippen LogP contribution in [0, 0.1) is 39.9 Å². The van der Waals surface area contributed by atoms with Crippen molar-refractivity contribution in [2.24, 2.45) is 28.6 Å². The fourth-order valence-electron chi connectivity index (χ4n) is 5.83. The molecule has 0 aromatic rings. The second-order valence-electron chi connectivity index (χ2n) is 7.27. The summed E-state index contributed by atoms with van der Waals surface area (Å²) in [5.74, 6) is 1.21. The van der Waals surface area contributed by atoms with E-state index in [4.69, 9.17) is 0 Å². The van der Waals surface area contributed by atoms with Crippen LogP contribution in [0.5, 0.6) is 0 Å². The zero-order valence-corrected chi connectivity index (χ0v) is 11.7. The molecule has 0 spiro atoms. The quantitative estimate of drug-likeness (QED) is 0.841. The molecule has 3 nitrogen and oxygen atoms in total. The molecule has 0 aliphatic heterocycles. The Morgan fingerprint density at radius 2 is 1.74 bits per heavy atom. The summed E-state index contributed by atoms with van der Waals surface area (Å²) in [6.07, 6.45) is 8.11. The second-order valence-corrected chi connectivity index (χ2v) is 7.27. The van der Waals surface area contributed by atoms with Gasteiger partial charge in [-0.05, 0) is 62.7 Å². The van der Waals surface area contributed by atoms with Crippen LogP contribution in [0.4, 0.5) is 0 Å². The molecular weight excluding hydrogens is 238 g/mol. The Balaban J connectivity index is 2.02. The Labute approximate surface area is 115 Å². The van der Waals surface area contributed by atoms with Crippen LogP contribution >= 0.6 is 0 Å². The van der Waals surface area contributed by atoms with Gasteiger partial charge in [0.2, 0.25) is 0 Å². The summed E-state index contributed by atoms with van der Waals surface area (Å²) in [6.45, 7) is 2.00. The van der Waals surface area contributed by atoms with E-state index in [9.17, 15) is 15.2 Å². The lowest BCUT2D eigenvalue weighted by Gasteiger charge is -2.60. The Hall–Kier alpha value is -1.04. The highest BCUT2D eigenvalue weighted by Crippen LogP contribution is 2.66. The van der Waals surface area contributed by atoms with Crippen molar-refractivity contribution < 1.29 is 9.90 Å². The average molecular weight is 261 g/mol. The van der Waals surface area contributed by atoms with Gasteiger partial charge in [-0.3, -0.25) is 4.79 Å². The van der Waals surface area contributed by atoms with Crippen LogP contribution in [0.2, 0.25) is 0 Å². The first-order valence-corrected chi connectivity index (χ1v) is 7.70. The van der Waals surface area contributed by atoms with E-state index in [1.807, 2.05) is 6.92 Å². The summed E-state index contributed by atoms with van der Waals surface area (Å²) in [4.78, 5) is 11.9. The van der Waals surface area contributed by atoms with E-state index in [-0.39, 0.29) is 5.41 Å². The maximum atomic E-state index is 11.9. The predicted molar refractivity (Wildman–Crippen MR) is 71.2 cm³/mol. The van der Waals surface area contributed by atoms with Crippen LogP contribution in [-0.2, 0) is 4.79 Å². The molecule has 4 fully saturated rings. The molecule has 4 aliphatic rings. The third-order valence-electron chi connectivity index (χ3n) is 6.12. The van der Waals surface area contributed by atoms with E-state index in [0.717, 1.165) is 25.7 Å². The normalized spacial score (nSPS) is 42.6. The van der Waals surface area contributed by atoms with E-state index in [1.54, 1.807) is 0 Å². The Morgan fingerprint density at radius 1 is 1.26 bits per heavy atom. The maximum Gasteiger partial charge on any atom is 0.324 e. The predicted octanol–water partition coefficient (Wildman–Crippen LogP) is 3.60. The van der Waals surface area contributed by atoms with Crippen LogP contribution in [0.15, 0.2) is 0 Å². The number of rotatable bonds is 4. The molecule has 4 rings (SSSR count). The van der Waals surface area contributed by atoms with Gasteiger partial charge >= 0.3 is 5.97 Å². The first-order valence-electron chi connectivity index (χ1n) is 7.70. The van der Waals surface area contributed by atoms with Gasteiger partial charge in [-0.25, -0.2) is 0 Å². The highest BCUT2D eigenvalue weighted by Gasteiger charge is 2.63. The van der Waals surface area contributed by atoms with Crippen LogP contribution in [0.25, 0.3) is 0 Å². The monoisotopic (exact) mass is 261 g/mol. The van der Waals surface area contributed by atoms with Crippen molar-refractivity contribution in [3.63, 3.8) is 0 Å². The second kappa shape index (κ2) is 4.23. The molecule has 0 radical (unpaired) electrons. The van der Waals surface area contributed by atoms with Crippen molar-refractivity contribution in [2.45, 2.75) is 58.3 Å². The van der Waals surface area contributed by atoms with E-state index < -0.39 is 11.4 Å². The zero-order chi connectivity index (χ0) is 13.7. The summed E-state index contributed by atoms with van der Waals surface area (Å²) >= 11 is 0. The van der Waals surface area contributed by atoms with Crippen molar-refractivity contribution in [1.29, 1.82) is 5.26 Å². The summed E-state index contributed by atoms with van der Waals surface area (Å²) in [5, 5.41) is 19.5. The molecule has 4 bridgehead atoms. The topological polar surface area (TPSA) is 61.1 Å². The van der Waals surface area contributed by atoms with Crippen molar-refractivity contribution in [1.82, 2.24) is 0 Å². The molecule has 0 heterocycles. The molecule has 1 unspecified atom stereocenters. The molecule has 0 amide bonds. The lowest BCUT2D eigenvalue weighted by molar-refractivity contribution is -0.170. The molecule has 0 aromatic heterocycles. The average Bonchev–Trinajstić information content (AvgIpc) is 2.33. The van der Waals surface area contributed by atoms with Gasteiger partial charge in [0.15, 0.2) is 5.41 Å². The van der Waals surface area contributed by atoms with Crippen molar-refractivity contribution >= 4 is 5.97 Å². The van der Waals surface area contributed by atoms with Gasteiger partial charge in [-0.15, -0.1) is 0 Å². The van der Waals surface area contributed by atoms with Gasteiger partial charge in [0.1, 0.15) is 0 Å². The third kappa shape index (κ3) is 1.65. The fourth-order valence-corrected chi connectivity index (χ4v) is 5.83. The first-order chi connectivity index (χ1) is 9.05. The minimum Gasteiger partial charge on any atom is -0.480 e. The lowest BCUT2D eigenvalue weighted by Crippen LogP contribution is -2.57. The third-order valence-corrected chi connectivity index (χ3v) is 6.12. The molecule has 104 valence electrons. The number of aliphatic carboxylic acids is 1. The van der Waals surface area contributed by atoms with Gasteiger partial charge in [-0.1, -0.05) is 13.3 Å². The number of nitrogens with zero attached hydrogens (tertiary/aromatic N) is 1. The smallest absolute Gasteiger partial charge is 0.324 e. The van der Waals surface area contributed by atoms with Crippen LogP contribution < -0.4 is 0 Å².